The molecule has 1 aromatic rings. The zero-order valence-electron chi connectivity index (χ0n) is 10.2. The topological polar surface area (TPSA) is 40.5 Å². The number of aliphatic hydroxyl groups is 1. The third-order valence-electron chi connectivity index (χ3n) is 3.61. The molecule has 2 aliphatic rings. The van der Waals surface area contributed by atoms with Gasteiger partial charge in [0.25, 0.3) is 0 Å². The van der Waals surface area contributed by atoms with Crippen LogP contribution < -0.4 is 0 Å². The number of β-amino-alcohol motifs (C(OH)–C–C–N with tert-alkyl or cyclic N) is 1. The Morgan fingerprint density at radius 1 is 1.50 bits per heavy atom. The smallest absolute Gasteiger partial charge is 0.240 e. The lowest BCUT2D eigenvalue weighted by Crippen LogP contribution is -2.44. The van der Waals surface area contributed by atoms with Crippen LogP contribution in [0.15, 0.2) is 11.4 Å². The van der Waals surface area contributed by atoms with E-state index in [-0.39, 0.29) is 17.3 Å². The molecule has 0 spiro atoms. The van der Waals surface area contributed by atoms with Crippen LogP contribution in [-0.2, 0) is 11.2 Å². The summed E-state index contributed by atoms with van der Waals surface area (Å²) in [6.07, 6.45) is 2.49. The second-order valence-electron chi connectivity index (χ2n) is 4.88. The Kier molecular flexibility index (Phi) is 3.63. The van der Waals surface area contributed by atoms with E-state index in [1.165, 1.54) is 10.4 Å². The van der Waals surface area contributed by atoms with E-state index < -0.39 is 0 Å². The number of rotatable bonds is 1. The summed E-state index contributed by atoms with van der Waals surface area (Å²) >= 11 is 3.51. The van der Waals surface area contributed by atoms with Gasteiger partial charge >= 0.3 is 0 Å². The van der Waals surface area contributed by atoms with Crippen molar-refractivity contribution < 1.29 is 9.90 Å². The fraction of sp³-hybridized carbons (Fsp3) is 0.615. The highest BCUT2D eigenvalue weighted by molar-refractivity contribution is 8.00. The Hall–Kier alpha value is -0.520. The van der Waals surface area contributed by atoms with Crippen LogP contribution in [0.1, 0.15) is 28.5 Å². The number of aryl methyl sites for hydroxylation is 1. The number of hydrogen-bond acceptors (Lipinski definition) is 4. The number of thiophene rings is 1. The number of fused-ring (bicyclic) bond motifs is 1. The van der Waals surface area contributed by atoms with Crippen LogP contribution in [-0.4, -0.2) is 40.9 Å². The van der Waals surface area contributed by atoms with Gasteiger partial charge in [0.15, 0.2) is 0 Å². The van der Waals surface area contributed by atoms with Gasteiger partial charge in [-0.15, -0.1) is 23.1 Å². The standard InChI is InChI=1S/C13H17NO2S2/c15-9-2-1-5-14(8-9)13(16)12-10-3-6-17-11(10)4-7-18-12/h3,6,9,12,15H,1-2,4-5,7-8H2. The first kappa shape index (κ1) is 12.5. The van der Waals surface area contributed by atoms with Crippen molar-refractivity contribution >= 4 is 29.0 Å². The summed E-state index contributed by atoms with van der Waals surface area (Å²) in [4.78, 5) is 15.8. The van der Waals surface area contributed by atoms with Crippen LogP contribution in [0, 0.1) is 0 Å². The van der Waals surface area contributed by atoms with Crippen LogP contribution in [0.5, 0.6) is 0 Å². The van der Waals surface area contributed by atoms with Gasteiger partial charge in [0, 0.05) is 18.0 Å². The lowest BCUT2D eigenvalue weighted by atomic mass is 10.1. The highest BCUT2D eigenvalue weighted by atomic mass is 32.2. The van der Waals surface area contributed by atoms with Gasteiger partial charge in [-0.25, -0.2) is 0 Å². The number of amides is 1. The molecule has 1 amide bonds. The lowest BCUT2D eigenvalue weighted by molar-refractivity contribution is -0.133. The van der Waals surface area contributed by atoms with Crippen LogP contribution in [0.4, 0.5) is 0 Å². The normalized spacial score (nSPS) is 27.9. The molecule has 1 saturated heterocycles. The molecule has 1 N–H and O–H groups in total. The third-order valence-corrected chi connectivity index (χ3v) is 5.83. The van der Waals surface area contributed by atoms with Gasteiger partial charge in [0.1, 0.15) is 5.25 Å². The van der Waals surface area contributed by atoms with Crippen molar-refractivity contribution in [3.8, 4) is 0 Å². The first-order valence-electron chi connectivity index (χ1n) is 6.40. The van der Waals surface area contributed by atoms with E-state index in [9.17, 15) is 9.90 Å². The van der Waals surface area contributed by atoms with E-state index in [1.54, 1.807) is 23.1 Å². The molecule has 2 unspecified atom stereocenters. The first-order chi connectivity index (χ1) is 8.75. The minimum absolute atomic E-state index is 0.0368. The number of thioether (sulfide) groups is 1. The summed E-state index contributed by atoms with van der Waals surface area (Å²) in [5.41, 5.74) is 1.21. The molecule has 1 aromatic heterocycles. The van der Waals surface area contributed by atoms with Gasteiger partial charge < -0.3 is 10.0 Å². The summed E-state index contributed by atoms with van der Waals surface area (Å²) in [6.45, 7) is 1.31. The maximum atomic E-state index is 12.6. The largest absolute Gasteiger partial charge is 0.391 e. The van der Waals surface area contributed by atoms with Crippen LogP contribution in [0.25, 0.3) is 0 Å². The molecule has 0 aliphatic carbocycles. The van der Waals surface area contributed by atoms with Crippen LogP contribution in [0.3, 0.4) is 0 Å². The molecule has 3 nitrogen and oxygen atoms in total. The summed E-state index contributed by atoms with van der Waals surface area (Å²) in [7, 11) is 0. The fourth-order valence-electron chi connectivity index (χ4n) is 2.67. The van der Waals surface area contributed by atoms with E-state index in [0.717, 1.165) is 31.6 Å². The molecular formula is C13H17NO2S2. The molecule has 0 saturated carbocycles. The molecule has 5 heteroatoms. The SMILES string of the molecule is O=C(C1SCCc2sccc21)N1CCCC(O)C1. The zero-order chi connectivity index (χ0) is 12.5. The number of piperidine rings is 1. The van der Waals surface area contributed by atoms with Crippen LogP contribution >= 0.6 is 23.1 Å². The van der Waals surface area contributed by atoms with Gasteiger partial charge in [-0.2, -0.15) is 0 Å². The van der Waals surface area contributed by atoms with E-state index >= 15 is 0 Å². The Balaban J connectivity index is 1.77. The van der Waals surface area contributed by atoms with Crippen LogP contribution in [0.2, 0.25) is 0 Å². The first-order valence-corrected chi connectivity index (χ1v) is 8.33. The molecule has 98 valence electrons. The average Bonchev–Trinajstić information content (AvgIpc) is 2.86. The zero-order valence-corrected chi connectivity index (χ0v) is 11.8. The molecule has 0 aromatic carbocycles. The Morgan fingerprint density at radius 3 is 3.22 bits per heavy atom. The molecule has 3 heterocycles. The predicted octanol–water partition coefficient (Wildman–Crippen LogP) is 2.06. The van der Waals surface area contributed by atoms with Crippen molar-refractivity contribution in [1.29, 1.82) is 0 Å². The fourth-order valence-corrected chi connectivity index (χ4v) is 5.05. The van der Waals surface area contributed by atoms with Crippen molar-refractivity contribution in [2.24, 2.45) is 0 Å². The molecule has 0 radical (unpaired) electrons. The van der Waals surface area contributed by atoms with Gasteiger partial charge in [0.2, 0.25) is 5.91 Å². The number of aliphatic hydroxyl groups excluding tert-OH is 1. The van der Waals surface area contributed by atoms with Crippen molar-refractivity contribution in [3.05, 3.63) is 21.9 Å². The molecular weight excluding hydrogens is 266 g/mol. The highest BCUT2D eigenvalue weighted by Crippen LogP contribution is 2.40. The quantitative estimate of drug-likeness (QED) is 0.857. The third kappa shape index (κ3) is 2.31. The van der Waals surface area contributed by atoms with E-state index in [2.05, 4.69) is 11.4 Å². The molecule has 2 atom stereocenters. The second-order valence-corrected chi connectivity index (χ2v) is 7.09. The van der Waals surface area contributed by atoms with E-state index in [4.69, 9.17) is 0 Å². The van der Waals surface area contributed by atoms with Crippen molar-refractivity contribution in [3.63, 3.8) is 0 Å². The summed E-state index contributed by atoms with van der Waals surface area (Å²) in [6, 6.07) is 2.09. The maximum absolute atomic E-state index is 12.6. The molecule has 1 fully saturated rings. The van der Waals surface area contributed by atoms with Crippen molar-refractivity contribution in [2.75, 3.05) is 18.8 Å². The molecule has 2 aliphatic heterocycles. The average molecular weight is 283 g/mol. The van der Waals surface area contributed by atoms with Gasteiger partial charge in [-0.3, -0.25) is 4.79 Å². The second kappa shape index (κ2) is 5.23. The minimum Gasteiger partial charge on any atom is -0.391 e. The molecule has 0 bridgehead atoms. The van der Waals surface area contributed by atoms with Crippen molar-refractivity contribution in [1.82, 2.24) is 4.90 Å². The maximum Gasteiger partial charge on any atom is 0.240 e. The van der Waals surface area contributed by atoms with E-state index in [0.29, 0.717) is 6.54 Å². The number of nitrogens with zero attached hydrogens (tertiary/aromatic N) is 1. The monoisotopic (exact) mass is 283 g/mol. The predicted molar refractivity (Wildman–Crippen MR) is 75.0 cm³/mol. The summed E-state index contributed by atoms with van der Waals surface area (Å²) < 4.78 is 0. The number of likely N-dealkylation sites (tertiary alicyclic amines) is 1. The number of carbonyl (C=O) groups excluding carboxylic acids is 1. The highest BCUT2D eigenvalue weighted by Gasteiger charge is 2.33. The number of hydrogen-bond donors (Lipinski definition) is 1. The van der Waals surface area contributed by atoms with E-state index in [1.807, 2.05) is 4.90 Å². The number of carbonyl (C=O) groups is 1. The van der Waals surface area contributed by atoms with Gasteiger partial charge in [-0.05, 0) is 42.0 Å². The van der Waals surface area contributed by atoms with Crippen molar-refractivity contribution in [2.45, 2.75) is 30.6 Å². The molecule has 18 heavy (non-hydrogen) atoms. The summed E-state index contributed by atoms with van der Waals surface area (Å²) in [5.74, 6) is 1.22. The Morgan fingerprint density at radius 2 is 2.39 bits per heavy atom. The Bertz CT molecular complexity index is 446. The molecule has 3 rings (SSSR count). The summed E-state index contributed by atoms with van der Waals surface area (Å²) in [5, 5.41) is 11.7. The minimum atomic E-state index is -0.335. The van der Waals surface area contributed by atoms with Gasteiger partial charge in [0.05, 0.1) is 6.10 Å². The lowest BCUT2D eigenvalue weighted by Gasteiger charge is -2.33. The van der Waals surface area contributed by atoms with Gasteiger partial charge in [-0.1, -0.05) is 0 Å². The Labute approximate surface area is 115 Å².